The number of amides is 1. The van der Waals surface area contributed by atoms with Gasteiger partial charge < -0.3 is 14.1 Å². The van der Waals surface area contributed by atoms with E-state index >= 15 is 0 Å². The number of benzene rings is 2. The predicted octanol–water partition coefficient (Wildman–Crippen LogP) is 4.96. The van der Waals surface area contributed by atoms with E-state index < -0.39 is 0 Å². The lowest BCUT2D eigenvalue weighted by atomic mass is 10.1. The number of ether oxygens (including phenoxy) is 1. The molecule has 31 heavy (non-hydrogen) atoms. The van der Waals surface area contributed by atoms with Gasteiger partial charge in [-0.15, -0.1) is 0 Å². The van der Waals surface area contributed by atoms with Crippen LogP contribution < -0.4 is 4.74 Å². The molecule has 6 nitrogen and oxygen atoms in total. The van der Waals surface area contributed by atoms with Crippen LogP contribution in [0.3, 0.4) is 0 Å². The third-order valence-corrected chi connectivity index (χ3v) is 4.90. The second-order valence-corrected chi connectivity index (χ2v) is 7.00. The Morgan fingerprint density at radius 2 is 1.87 bits per heavy atom. The molecule has 154 valence electrons. The number of pyridine rings is 1. The quantitative estimate of drug-likeness (QED) is 0.409. The molecule has 4 aromatic rings. The lowest BCUT2D eigenvalue weighted by molar-refractivity contribution is 0.0713. The van der Waals surface area contributed by atoms with Gasteiger partial charge in [0.2, 0.25) is 0 Å². The maximum absolute atomic E-state index is 13.5. The Labute approximate surface area is 180 Å². The number of carbonyl (C=O) groups excluding carboxylic acids is 1. The molecule has 0 aliphatic carbocycles. The number of rotatable bonds is 8. The first-order chi connectivity index (χ1) is 15.3. The molecule has 0 aliphatic heterocycles. The number of carbonyl (C=O) groups is 1. The average molecular weight is 411 g/mol. The summed E-state index contributed by atoms with van der Waals surface area (Å²) in [7, 11) is 0. The number of furan rings is 1. The van der Waals surface area contributed by atoms with Crippen LogP contribution in [0, 0.1) is 11.3 Å². The van der Waals surface area contributed by atoms with E-state index in [1.807, 2.05) is 66.7 Å². The third kappa shape index (κ3) is 4.73. The van der Waals surface area contributed by atoms with E-state index in [2.05, 4.69) is 11.1 Å². The van der Waals surface area contributed by atoms with Crippen LogP contribution in [0.15, 0.2) is 83.5 Å². The summed E-state index contributed by atoms with van der Waals surface area (Å²) in [5.74, 6) is 0.670. The van der Waals surface area contributed by atoms with Gasteiger partial charge in [-0.2, -0.15) is 5.26 Å². The molecule has 0 spiro atoms. The van der Waals surface area contributed by atoms with Crippen molar-refractivity contribution < 1.29 is 13.9 Å². The highest BCUT2D eigenvalue weighted by molar-refractivity contribution is 5.99. The normalized spacial score (nSPS) is 10.5. The molecule has 2 aromatic heterocycles. The van der Waals surface area contributed by atoms with Gasteiger partial charge in [-0.1, -0.05) is 42.5 Å². The Balaban J connectivity index is 1.67. The van der Waals surface area contributed by atoms with Crippen LogP contribution in [0.1, 0.15) is 28.1 Å². The van der Waals surface area contributed by atoms with Crippen molar-refractivity contribution in [3.8, 4) is 11.8 Å². The van der Waals surface area contributed by atoms with Crippen LogP contribution >= 0.6 is 0 Å². The van der Waals surface area contributed by atoms with E-state index in [1.165, 1.54) is 0 Å². The molecule has 2 heterocycles. The average Bonchev–Trinajstić information content (AvgIpc) is 3.20. The second-order valence-electron chi connectivity index (χ2n) is 7.00. The van der Waals surface area contributed by atoms with Crippen LogP contribution in [-0.2, 0) is 13.2 Å². The summed E-state index contributed by atoms with van der Waals surface area (Å²) in [6, 6.07) is 22.8. The van der Waals surface area contributed by atoms with E-state index in [9.17, 15) is 4.79 Å². The van der Waals surface area contributed by atoms with Crippen molar-refractivity contribution in [1.82, 2.24) is 9.88 Å². The number of para-hydroxylation sites is 2. The Hall–Kier alpha value is -4.11. The maximum Gasteiger partial charge on any atom is 0.290 e. The minimum atomic E-state index is -0.276. The van der Waals surface area contributed by atoms with Gasteiger partial charge in [-0.25, -0.2) is 0 Å². The highest BCUT2D eigenvalue weighted by Gasteiger charge is 2.25. The van der Waals surface area contributed by atoms with Gasteiger partial charge in [0.05, 0.1) is 12.5 Å². The van der Waals surface area contributed by atoms with E-state index in [-0.39, 0.29) is 24.7 Å². The fourth-order valence-electron chi connectivity index (χ4n) is 3.38. The summed E-state index contributed by atoms with van der Waals surface area (Å²) in [5, 5.41) is 9.91. The fourth-order valence-corrected chi connectivity index (χ4v) is 3.38. The lowest BCUT2D eigenvalue weighted by Crippen LogP contribution is -2.32. The largest absolute Gasteiger partial charge is 0.489 e. The topological polar surface area (TPSA) is 79.4 Å². The molecule has 0 unspecified atom stereocenters. The van der Waals surface area contributed by atoms with Gasteiger partial charge in [-0.05, 0) is 29.8 Å². The first-order valence-electron chi connectivity index (χ1n) is 9.99. The number of hydrogen-bond donors (Lipinski definition) is 0. The van der Waals surface area contributed by atoms with Crippen molar-refractivity contribution in [2.75, 3.05) is 6.54 Å². The maximum atomic E-state index is 13.5. The molecule has 6 heteroatoms. The van der Waals surface area contributed by atoms with E-state index in [0.717, 1.165) is 10.9 Å². The Kier molecular flexibility index (Phi) is 6.24. The summed E-state index contributed by atoms with van der Waals surface area (Å²) < 4.78 is 11.9. The van der Waals surface area contributed by atoms with Crippen LogP contribution in [0.4, 0.5) is 0 Å². The predicted molar refractivity (Wildman–Crippen MR) is 116 cm³/mol. The van der Waals surface area contributed by atoms with Gasteiger partial charge in [0.15, 0.2) is 5.76 Å². The monoisotopic (exact) mass is 411 g/mol. The van der Waals surface area contributed by atoms with Crippen LogP contribution in [0.5, 0.6) is 5.75 Å². The number of nitriles is 1. The van der Waals surface area contributed by atoms with Gasteiger partial charge in [-0.3, -0.25) is 9.78 Å². The van der Waals surface area contributed by atoms with Crippen LogP contribution in [-0.4, -0.2) is 22.3 Å². The van der Waals surface area contributed by atoms with E-state index in [0.29, 0.717) is 30.0 Å². The molecule has 2 aromatic carbocycles. The summed E-state index contributed by atoms with van der Waals surface area (Å²) in [5.41, 5.74) is 2.20. The van der Waals surface area contributed by atoms with Gasteiger partial charge in [0.1, 0.15) is 17.9 Å². The standard InChI is InChI=1S/C25H21N3O3/c26-13-7-15-28(17-19-8-6-14-27-16-19)25(29)24-22(18-30-20-9-2-1-3-10-20)21-11-4-5-12-23(21)31-24/h1-6,8-12,14,16H,7,15,17-18H2. The van der Waals surface area contributed by atoms with Gasteiger partial charge >= 0.3 is 0 Å². The molecule has 0 saturated carbocycles. The number of nitrogens with zero attached hydrogens (tertiary/aromatic N) is 3. The fraction of sp³-hybridized carbons (Fsp3) is 0.160. The Morgan fingerprint density at radius 1 is 1.06 bits per heavy atom. The minimum Gasteiger partial charge on any atom is -0.489 e. The summed E-state index contributed by atoms with van der Waals surface area (Å²) in [4.78, 5) is 19.2. The van der Waals surface area contributed by atoms with Crippen LogP contribution in [0.25, 0.3) is 11.0 Å². The van der Waals surface area contributed by atoms with E-state index in [1.54, 1.807) is 17.3 Å². The summed E-state index contributed by atoms with van der Waals surface area (Å²) >= 11 is 0. The SMILES string of the molecule is N#CCCN(Cc1cccnc1)C(=O)c1oc2ccccc2c1COc1ccccc1. The number of hydrogen-bond acceptors (Lipinski definition) is 5. The smallest absolute Gasteiger partial charge is 0.290 e. The zero-order valence-corrected chi connectivity index (χ0v) is 16.9. The molecule has 0 aliphatic rings. The van der Waals surface area contributed by atoms with Gasteiger partial charge in [0.25, 0.3) is 5.91 Å². The molecule has 1 amide bonds. The van der Waals surface area contributed by atoms with Crippen molar-refractivity contribution in [3.05, 3.63) is 96.0 Å². The third-order valence-electron chi connectivity index (χ3n) is 4.90. The summed E-state index contributed by atoms with van der Waals surface area (Å²) in [6.45, 7) is 0.825. The molecular formula is C25H21N3O3. The highest BCUT2D eigenvalue weighted by Crippen LogP contribution is 2.29. The van der Waals surface area contributed by atoms with E-state index in [4.69, 9.17) is 14.4 Å². The number of aromatic nitrogens is 1. The first kappa shape index (κ1) is 20.2. The molecule has 0 fully saturated rings. The van der Waals surface area contributed by atoms with Crippen molar-refractivity contribution >= 4 is 16.9 Å². The van der Waals surface area contributed by atoms with Crippen molar-refractivity contribution in [1.29, 1.82) is 5.26 Å². The van der Waals surface area contributed by atoms with Crippen molar-refractivity contribution in [2.45, 2.75) is 19.6 Å². The zero-order valence-electron chi connectivity index (χ0n) is 16.9. The summed E-state index contributed by atoms with van der Waals surface area (Å²) in [6.07, 6.45) is 3.62. The molecule has 0 N–H and O–H groups in total. The zero-order chi connectivity index (χ0) is 21.5. The molecule has 0 bridgehead atoms. The molecule has 0 saturated heterocycles. The molecule has 4 rings (SSSR count). The molecular weight excluding hydrogens is 390 g/mol. The van der Waals surface area contributed by atoms with Crippen molar-refractivity contribution in [2.24, 2.45) is 0 Å². The lowest BCUT2D eigenvalue weighted by Gasteiger charge is -2.21. The first-order valence-corrected chi connectivity index (χ1v) is 9.99. The molecule has 0 atom stereocenters. The Morgan fingerprint density at radius 3 is 2.65 bits per heavy atom. The van der Waals surface area contributed by atoms with Crippen LogP contribution in [0.2, 0.25) is 0 Å². The minimum absolute atomic E-state index is 0.196. The molecule has 0 radical (unpaired) electrons. The highest BCUT2D eigenvalue weighted by atomic mass is 16.5. The Bertz CT molecular complexity index is 1200. The number of fused-ring (bicyclic) bond motifs is 1. The van der Waals surface area contributed by atoms with Crippen molar-refractivity contribution in [3.63, 3.8) is 0 Å². The second kappa shape index (κ2) is 9.59. The van der Waals surface area contributed by atoms with Gasteiger partial charge in [0, 0.05) is 36.4 Å².